The van der Waals surface area contributed by atoms with Gasteiger partial charge >= 0.3 is 0 Å². The lowest BCUT2D eigenvalue weighted by atomic mass is 10.2. The summed E-state index contributed by atoms with van der Waals surface area (Å²) in [4.78, 5) is 9.21. The van der Waals surface area contributed by atoms with Crippen molar-refractivity contribution in [2.75, 3.05) is 13.4 Å². The van der Waals surface area contributed by atoms with Crippen LogP contribution in [0.4, 0.5) is 0 Å². The van der Waals surface area contributed by atoms with Crippen molar-refractivity contribution >= 4 is 34.6 Å². The Morgan fingerprint density at radius 3 is 2.67 bits per heavy atom. The van der Waals surface area contributed by atoms with Gasteiger partial charge < -0.3 is 9.72 Å². The molecule has 0 saturated heterocycles. The number of hydrogen-bond donors (Lipinski definition) is 1. The third-order valence-electron chi connectivity index (χ3n) is 3.20. The van der Waals surface area contributed by atoms with Crippen LogP contribution in [-0.2, 0) is 5.75 Å². The minimum atomic E-state index is 0.843. The SMILES string of the molecule is COc1ccc2nc(SCc3ccc(SC)cc3)[nH]c2c1. The molecule has 0 radical (unpaired) electrons. The lowest BCUT2D eigenvalue weighted by Crippen LogP contribution is -1.82. The number of thioether (sulfide) groups is 2. The number of H-pyrrole nitrogens is 1. The van der Waals surface area contributed by atoms with Gasteiger partial charge in [0.05, 0.1) is 18.1 Å². The van der Waals surface area contributed by atoms with Gasteiger partial charge in [0, 0.05) is 16.7 Å². The summed E-state index contributed by atoms with van der Waals surface area (Å²) in [5, 5.41) is 0.937. The Kier molecular flexibility index (Phi) is 4.41. The molecule has 0 spiro atoms. The zero-order valence-electron chi connectivity index (χ0n) is 11.9. The first kappa shape index (κ1) is 14.4. The summed E-state index contributed by atoms with van der Waals surface area (Å²) in [6.07, 6.45) is 2.09. The Labute approximate surface area is 132 Å². The molecule has 3 nitrogen and oxygen atoms in total. The Hall–Kier alpha value is -1.59. The number of aromatic amines is 1. The van der Waals surface area contributed by atoms with Crippen LogP contribution < -0.4 is 4.74 Å². The van der Waals surface area contributed by atoms with E-state index in [1.807, 2.05) is 18.2 Å². The van der Waals surface area contributed by atoms with Crippen LogP contribution in [0.5, 0.6) is 5.75 Å². The second kappa shape index (κ2) is 6.45. The number of methoxy groups -OCH3 is 1. The average molecular weight is 316 g/mol. The highest BCUT2D eigenvalue weighted by atomic mass is 32.2. The highest BCUT2D eigenvalue weighted by molar-refractivity contribution is 7.98. The predicted molar refractivity (Wildman–Crippen MR) is 90.4 cm³/mol. The van der Waals surface area contributed by atoms with Crippen LogP contribution in [0.2, 0.25) is 0 Å². The molecule has 5 heteroatoms. The van der Waals surface area contributed by atoms with Gasteiger partial charge in [-0.05, 0) is 36.1 Å². The van der Waals surface area contributed by atoms with Crippen LogP contribution in [0.1, 0.15) is 5.56 Å². The van der Waals surface area contributed by atoms with Crippen LogP contribution in [0.15, 0.2) is 52.5 Å². The van der Waals surface area contributed by atoms with Gasteiger partial charge in [-0.15, -0.1) is 11.8 Å². The lowest BCUT2D eigenvalue weighted by molar-refractivity contribution is 0.415. The molecular weight excluding hydrogens is 300 g/mol. The number of nitrogens with one attached hydrogen (secondary N) is 1. The molecule has 3 aromatic rings. The third-order valence-corrected chi connectivity index (χ3v) is 4.89. The number of aromatic nitrogens is 2. The fourth-order valence-corrected chi connectivity index (χ4v) is 3.28. The monoisotopic (exact) mass is 316 g/mol. The van der Waals surface area contributed by atoms with Crippen molar-refractivity contribution in [3.05, 3.63) is 48.0 Å². The zero-order chi connectivity index (χ0) is 14.7. The summed E-state index contributed by atoms with van der Waals surface area (Å²) in [5.74, 6) is 1.75. The lowest BCUT2D eigenvalue weighted by Gasteiger charge is -2.00. The van der Waals surface area contributed by atoms with Gasteiger partial charge in [-0.3, -0.25) is 0 Å². The van der Waals surface area contributed by atoms with Crippen molar-refractivity contribution in [2.24, 2.45) is 0 Å². The van der Waals surface area contributed by atoms with E-state index < -0.39 is 0 Å². The van der Waals surface area contributed by atoms with Crippen molar-refractivity contribution in [2.45, 2.75) is 15.8 Å². The minimum absolute atomic E-state index is 0.843. The van der Waals surface area contributed by atoms with E-state index in [0.29, 0.717) is 0 Å². The minimum Gasteiger partial charge on any atom is -0.497 e. The molecule has 0 atom stereocenters. The van der Waals surface area contributed by atoms with Gasteiger partial charge in [0.15, 0.2) is 5.16 Å². The fourth-order valence-electron chi connectivity index (χ4n) is 2.03. The Balaban J connectivity index is 1.72. The molecule has 0 unspecified atom stereocenters. The Morgan fingerprint density at radius 2 is 1.95 bits per heavy atom. The maximum atomic E-state index is 5.23. The first-order chi connectivity index (χ1) is 10.3. The van der Waals surface area contributed by atoms with Gasteiger partial charge in [-0.1, -0.05) is 23.9 Å². The highest BCUT2D eigenvalue weighted by Gasteiger charge is 2.05. The quantitative estimate of drug-likeness (QED) is 0.699. The maximum Gasteiger partial charge on any atom is 0.166 e. The summed E-state index contributed by atoms with van der Waals surface area (Å²) < 4.78 is 5.23. The molecule has 0 amide bonds. The van der Waals surface area contributed by atoms with Gasteiger partial charge in [-0.2, -0.15) is 0 Å². The molecule has 0 bridgehead atoms. The molecule has 108 valence electrons. The molecule has 0 fully saturated rings. The molecular formula is C16H16N2OS2. The van der Waals surface area contributed by atoms with Crippen LogP contribution in [0.3, 0.4) is 0 Å². The van der Waals surface area contributed by atoms with Crippen LogP contribution in [0, 0.1) is 0 Å². The molecule has 3 rings (SSSR count). The highest BCUT2D eigenvalue weighted by Crippen LogP contribution is 2.26. The molecule has 1 N–H and O–H groups in total. The van der Waals surface area contributed by atoms with Crippen molar-refractivity contribution in [1.29, 1.82) is 0 Å². The topological polar surface area (TPSA) is 37.9 Å². The van der Waals surface area contributed by atoms with Crippen LogP contribution in [0.25, 0.3) is 11.0 Å². The normalized spacial score (nSPS) is 11.0. The zero-order valence-corrected chi connectivity index (χ0v) is 13.6. The molecule has 1 aromatic heterocycles. The van der Waals surface area contributed by atoms with E-state index >= 15 is 0 Å². The van der Waals surface area contributed by atoms with E-state index in [1.165, 1.54) is 10.5 Å². The van der Waals surface area contributed by atoms with E-state index in [1.54, 1.807) is 30.6 Å². The van der Waals surface area contributed by atoms with Gasteiger partial charge in [0.2, 0.25) is 0 Å². The maximum absolute atomic E-state index is 5.23. The van der Waals surface area contributed by atoms with E-state index in [9.17, 15) is 0 Å². The summed E-state index contributed by atoms with van der Waals surface area (Å²) >= 11 is 3.47. The molecule has 1 heterocycles. The molecule has 21 heavy (non-hydrogen) atoms. The third kappa shape index (κ3) is 3.36. The van der Waals surface area contributed by atoms with Crippen molar-refractivity contribution in [1.82, 2.24) is 9.97 Å². The van der Waals surface area contributed by atoms with Crippen molar-refractivity contribution < 1.29 is 4.74 Å². The van der Waals surface area contributed by atoms with Crippen LogP contribution in [-0.4, -0.2) is 23.3 Å². The molecule has 2 aromatic carbocycles. The molecule has 0 aliphatic carbocycles. The number of nitrogens with zero attached hydrogens (tertiary/aromatic N) is 1. The predicted octanol–water partition coefficient (Wildman–Crippen LogP) is 4.59. The summed E-state index contributed by atoms with van der Waals surface area (Å²) in [6.45, 7) is 0. The van der Waals surface area contributed by atoms with Crippen LogP contribution >= 0.6 is 23.5 Å². The standard InChI is InChI=1S/C16H16N2OS2/c1-19-12-5-8-14-15(9-12)18-16(17-14)21-10-11-3-6-13(20-2)7-4-11/h3-9H,10H2,1-2H3,(H,17,18). The number of ether oxygens (including phenoxy) is 1. The smallest absolute Gasteiger partial charge is 0.166 e. The van der Waals surface area contributed by atoms with Crippen molar-refractivity contribution in [3.63, 3.8) is 0 Å². The van der Waals surface area contributed by atoms with E-state index in [-0.39, 0.29) is 0 Å². The number of imidazole rings is 1. The summed E-state index contributed by atoms with van der Waals surface area (Å²) in [5.41, 5.74) is 3.28. The van der Waals surface area contributed by atoms with Gasteiger partial charge in [-0.25, -0.2) is 4.98 Å². The van der Waals surface area contributed by atoms with E-state index in [0.717, 1.165) is 27.7 Å². The summed E-state index contributed by atoms with van der Waals surface area (Å²) in [7, 11) is 1.67. The number of rotatable bonds is 5. The Bertz CT molecular complexity index is 738. The second-order valence-corrected chi connectivity index (χ2v) is 6.41. The fraction of sp³-hybridized carbons (Fsp3) is 0.188. The van der Waals surface area contributed by atoms with Gasteiger partial charge in [0.1, 0.15) is 5.75 Å². The molecule has 0 aliphatic rings. The Morgan fingerprint density at radius 1 is 1.14 bits per heavy atom. The van der Waals surface area contributed by atoms with E-state index in [2.05, 4.69) is 40.5 Å². The molecule has 0 saturated carbocycles. The number of hydrogen-bond acceptors (Lipinski definition) is 4. The van der Waals surface area contributed by atoms with Crippen molar-refractivity contribution in [3.8, 4) is 5.75 Å². The first-order valence-electron chi connectivity index (χ1n) is 6.58. The van der Waals surface area contributed by atoms with Gasteiger partial charge in [0.25, 0.3) is 0 Å². The number of benzene rings is 2. The largest absolute Gasteiger partial charge is 0.497 e. The van der Waals surface area contributed by atoms with E-state index in [4.69, 9.17) is 4.74 Å². The average Bonchev–Trinajstić information content (AvgIpc) is 2.95. The first-order valence-corrected chi connectivity index (χ1v) is 8.79. The molecule has 0 aliphatic heterocycles. The summed E-state index contributed by atoms with van der Waals surface area (Å²) in [6, 6.07) is 14.5. The second-order valence-electron chi connectivity index (χ2n) is 4.56. The number of fused-ring (bicyclic) bond motifs is 1.